The average molecular weight is 284 g/mol. The van der Waals surface area contributed by atoms with E-state index in [0.29, 0.717) is 25.6 Å². The van der Waals surface area contributed by atoms with Crippen LogP contribution in [0.4, 0.5) is 5.69 Å². The van der Waals surface area contributed by atoms with Gasteiger partial charge in [0.2, 0.25) is 5.88 Å². The number of ether oxygens (including phenoxy) is 3. The maximum atomic E-state index is 9.75. The third kappa shape index (κ3) is 7.28. The number of aliphatic hydroxyl groups excluding tert-OH is 1. The predicted octanol–water partition coefficient (Wildman–Crippen LogP) is 1.30. The number of nitrogens with one attached hydrogen (secondary N) is 1. The Bertz CT molecular complexity index is 357. The van der Waals surface area contributed by atoms with Gasteiger partial charge in [-0.2, -0.15) is 0 Å². The maximum absolute atomic E-state index is 9.75. The van der Waals surface area contributed by atoms with Gasteiger partial charge in [0.05, 0.1) is 51.0 Å². The summed E-state index contributed by atoms with van der Waals surface area (Å²) in [7, 11) is 1.57. The second-order valence-corrected chi connectivity index (χ2v) is 4.62. The summed E-state index contributed by atoms with van der Waals surface area (Å²) in [6, 6.07) is 3.60. The second kappa shape index (κ2) is 9.52. The van der Waals surface area contributed by atoms with Crippen molar-refractivity contribution in [3.05, 3.63) is 18.3 Å². The number of anilines is 1. The van der Waals surface area contributed by atoms with E-state index < -0.39 is 6.10 Å². The molecule has 0 spiro atoms. The summed E-state index contributed by atoms with van der Waals surface area (Å²) >= 11 is 0. The molecule has 1 aromatic rings. The molecule has 0 bridgehead atoms. The van der Waals surface area contributed by atoms with Crippen molar-refractivity contribution in [2.24, 2.45) is 0 Å². The van der Waals surface area contributed by atoms with E-state index in [-0.39, 0.29) is 12.7 Å². The topological polar surface area (TPSA) is 72.8 Å². The van der Waals surface area contributed by atoms with E-state index in [9.17, 15) is 5.11 Å². The first-order chi connectivity index (χ1) is 9.61. The smallest absolute Gasteiger partial charge is 0.213 e. The first-order valence-corrected chi connectivity index (χ1v) is 6.73. The molecular formula is C14H24N2O4. The number of hydrogen-bond acceptors (Lipinski definition) is 6. The van der Waals surface area contributed by atoms with E-state index in [1.165, 1.54) is 0 Å². The molecule has 1 atom stereocenters. The van der Waals surface area contributed by atoms with Crippen LogP contribution >= 0.6 is 0 Å². The summed E-state index contributed by atoms with van der Waals surface area (Å²) < 4.78 is 15.6. The van der Waals surface area contributed by atoms with E-state index in [1.54, 1.807) is 19.4 Å². The average Bonchev–Trinajstić information content (AvgIpc) is 2.45. The summed E-state index contributed by atoms with van der Waals surface area (Å²) in [6.07, 6.45) is 1.28. The lowest BCUT2D eigenvalue weighted by atomic mass is 10.3. The molecule has 1 heterocycles. The van der Waals surface area contributed by atoms with Crippen LogP contribution in [0, 0.1) is 0 Å². The number of aromatic nitrogens is 1. The molecular weight excluding hydrogens is 260 g/mol. The zero-order valence-corrected chi connectivity index (χ0v) is 12.3. The van der Waals surface area contributed by atoms with Crippen molar-refractivity contribution in [3.8, 4) is 5.88 Å². The van der Waals surface area contributed by atoms with Gasteiger partial charge in [0.1, 0.15) is 0 Å². The van der Waals surface area contributed by atoms with Crippen molar-refractivity contribution in [2.75, 3.05) is 38.8 Å². The van der Waals surface area contributed by atoms with Crippen molar-refractivity contribution in [1.29, 1.82) is 0 Å². The third-order valence-corrected chi connectivity index (χ3v) is 2.48. The Morgan fingerprint density at radius 1 is 1.30 bits per heavy atom. The molecule has 0 aromatic carbocycles. The third-order valence-electron chi connectivity index (χ3n) is 2.48. The van der Waals surface area contributed by atoms with E-state index in [2.05, 4.69) is 10.3 Å². The van der Waals surface area contributed by atoms with Crippen LogP contribution in [0.15, 0.2) is 18.3 Å². The molecule has 0 fully saturated rings. The monoisotopic (exact) mass is 284 g/mol. The zero-order chi connectivity index (χ0) is 14.8. The van der Waals surface area contributed by atoms with E-state index in [4.69, 9.17) is 14.2 Å². The lowest BCUT2D eigenvalue weighted by molar-refractivity contribution is -0.00734. The van der Waals surface area contributed by atoms with Gasteiger partial charge >= 0.3 is 0 Å². The predicted molar refractivity (Wildman–Crippen MR) is 77.2 cm³/mol. The van der Waals surface area contributed by atoms with Crippen molar-refractivity contribution in [1.82, 2.24) is 4.98 Å². The molecule has 1 aromatic heterocycles. The number of nitrogens with zero attached hydrogens (tertiary/aromatic N) is 1. The lowest BCUT2D eigenvalue weighted by Gasteiger charge is -2.14. The number of rotatable bonds is 10. The molecule has 0 saturated carbocycles. The van der Waals surface area contributed by atoms with Crippen LogP contribution in [0.2, 0.25) is 0 Å². The van der Waals surface area contributed by atoms with Crippen LogP contribution in [0.5, 0.6) is 5.88 Å². The van der Waals surface area contributed by atoms with E-state index >= 15 is 0 Å². The van der Waals surface area contributed by atoms with Crippen molar-refractivity contribution in [3.63, 3.8) is 0 Å². The summed E-state index contributed by atoms with van der Waals surface area (Å²) in [5.74, 6) is 0.560. The molecule has 114 valence electrons. The fraction of sp³-hybridized carbons (Fsp3) is 0.643. The Kier molecular flexibility index (Phi) is 7.94. The quantitative estimate of drug-likeness (QED) is 0.631. The summed E-state index contributed by atoms with van der Waals surface area (Å²) in [5, 5.41) is 12.8. The summed E-state index contributed by atoms with van der Waals surface area (Å²) in [5.41, 5.74) is 0.827. The fourth-order valence-corrected chi connectivity index (χ4v) is 1.46. The Morgan fingerprint density at radius 2 is 2.10 bits per heavy atom. The molecule has 0 amide bonds. The van der Waals surface area contributed by atoms with Crippen molar-refractivity contribution in [2.45, 2.75) is 26.1 Å². The van der Waals surface area contributed by atoms with Crippen molar-refractivity contribution < 1.29 is 19.3 Å². The van der Waals surface area contributed by atoms with Crippen LogP contribution in [0.25, 0.3) is 0 Å². The van der Waals surface area contributed by atoms with Crippen LogP contribution in [0.1, 0.15) is 13.8 Å². The maximum Gasteiger partial charge on any atom is 0.213 e. The normalized spacial score (nSPS) is 12.4. The highest BCUT2D eigenvalue weighted by Gasteiger charge is 2.04. The molecule has 6 heteroatoms. The van der Waals surface area contributed by atoms with Crippen LogP contribution < -0.4 is 10.1 Å². The molecule has 0 aliphatic carbocycles. The van der Waals surface area contributed by atoms with Gasteiger partial charge in [-0.1, -0.05) is 0 Å². The summed E-state index contributed by atoms with van der Waals surface area (Å²) in [4.78, 5) is 4.06. The highest BCUT2D eigenvalue weighted by atomic mass is 16.5. The minimum atomic E-state index is -0.573. The van der Waals surface area contributed by atoms with Crippen molar-refractivity contribution >= 4 is 5.69 Å². The van der Waals surface area contributed by atoms with Crippen LogP contribution in [-0.4, -0.2) is 55.8 Å². The molecule has 1 unspecified atom stereocenters. The molecule has 0 saturated heterocycles. The van der Waals surface area contributed by atoms with Gasteiger partial charge < -0.3 is 24.6 Å². The Morgan fingerprint density at radius 3 is 2.70 bits per heavy atom. The molecule has 20 heavy (non-hydrogen) atoms. The molecule has 6 nitrogen and oxygen atoms in total. The highest BCUT2D eigenvalue weighted by Crippen LogP contribution is 2.10. The number of methoxy groups -OCH3 is 1. The number of pyridine rings is 1. The zero-order valence-electron chi connectivity index (χ0n) is 12.3. The first-order valence-electron chi connectivity index (χ1n) is 6.73. The lowest BCUT2D eigenvalue weighted by Crippen LogP contribution is -2.25. The largest absolute Gasteiger partial charge is 0.481 e. The standard InChI is InChI=1S/C14H24N2O4/c1-11(2)20-7-6-19-10-13(17)9-15-12-4-5-14(18-3)16-8-12/h4-5,8,11,13,15,17H,6-7,9-10H2,1-3H3. The fourth-order valence-electron chi connectivity index (χ4n) is 1.46. The highest BCUT2D eigenvalue weighted by molar-refractivity contribution is 5.42. The van der Waals surface area contributed by atoms with Gasteiger partial charge in [0.25, 0.3) is 0 Å². The number of hydrogen-bond donors (Lipinski definition) is 2. The van der Waals surface area contributed by atoms with Gasteiger partial charge in [-0.3, -0.25) is 0 Å². The van der Waals surface area contributed by atoms with Gasteiger partial charge in [-0.05, 0) is 19.9 Å². The Balaban J connectivity index is 2.11. The molecule has 0 radical (unpaired) electrons. The minimum Gasteiger partial charge on any atom is -0.481 e. The van der Waals surface area contributed by atoms with Gasteiger partial charge in [0.15, 0.2) is 0 Å². The summed E-state index contributed by atoms with van der Waals surface area (Å²) in [6.45, 7) is 5.65. The Hall–Kier alpha value is -1.37. The molecule has 0 aliphatic rings. The first kappa shape index (κ1) is 16.7. The second-order valence-electron chi connectivity index (χ2n) is 4.62. The van der Waals surface area contributed by atoms with E-state index in [1.807, 2.05) is 19.9 Å². The molecule has 0 aliphatic heterocycles. The Labute approximate surface area is 120 Å². The molecule has 2 N–H and O–H groups in total. The van der Waals surface area contributed by atoms with Crippen LogP contribution in [0.3, 0.4) is 0 Å². The minimum absolute atomic E-state index is 0.202. The van der Waals surface area contributed by atoms with E-state index in [0.717, 1.165) is 5.69 Å². The SMILES string of the molecule is COc1ccc(NCC(O)COCCOC(C)C)cn1. The van der Waals surface area contributed by atoms with Gasteiger partial charge in [0, 0.05) is 12.6 Å². The van der Waals surface area contributed by atoms with Gasteiger partial charge in [-0.25, -0.2) is 4.98 Å². The number of aliphatic hydroxyl groups is 1. The van der Waals surface area contributed by atoms with Crippen LogP contribution in [-0.2, 0) is 9.47 Å². The molecule has 1 rings (SSSR count). The van der Waals surface area contributed by atoms with Gasteiger partial charge in [-0.15, -0.1) is 0 Å².